The first-order valence-electron chi connectivity index (χ1n) is 5.44. The van der Waals surface area contributed by atoms with Gasteiger partial charge in [-0.3, -0.25) is 9.00 Å². The fraction of sp³-hybridized carbons (Fsp3) is 0.700. The van der Waals surface area contributed by atoms with Gasteiger partial charge in [0.15, 0.2) is 0 Å². The van der Waals surface area contributed by atoms with Crippen LogP contribution in [0.3, 0.4) is 0 Å². The highest BCUT2D eigenvalue weighted by molar-refractivity contribution is 7.84. The van der Waals surface area contributed by atoms with Gasteiger partial charge in [0.05, 0.1) is 13.5 Å². The number of amides is 2. The summed E-state index contributed by atoms with van der Waals surface area (Å²) in [6.07, 6.45) is 1.04. The molecule has 2 amide bonds. The molecule has 0 heterocycles. The molecule has 0 aromatic carbocycles. The van der Waals surface area contributed by atoms with Crippen molar-refractivity contribution in [3.63, 3.8) is 0 Å². The smallest absolute Gasteiger partial charge is 0.326 e. The summed E-state index contributed by atoms with van der Waals surface area (Å²) in [6.45, 7) is 1.82. The van der Waals surface area contributed by atoms with Crippen LogP contribution in [-0.4, -0.2) is 58.5 Å². The number of hydrogen-bond donors (Lipinski definition) is 3. The van der Waals surface area contributed by atoms with E-state index in [0.29, 0.717) is 0 Å². The summed E-state index contributed by atoms with van der Waals surface area (Å²) in [4.78, 5) is 33.2. The number of carbonyl (C=O) groups excluding carboxylic acids is 2. The highest BCUT2D eigenvalue weighted by Crippen LogP contribution is 1.95. The van der Waals surface area contributed by atoms with E-state index < -0.39 is 41.2 Å². The second kappa shape index (κ2) is 8.46. The van der Waals surface area contributed by atoms with Gasteiger partial charge >= 0.3 is 18.0 Å². The molecule has 0 aliphatic heterocycles. The van der Waals surface area contributed by atoms with Gasteiger partial charge < -0.3 is 20.5 Å². The van der Waals surface area contributed by atoms with Gasteiger partial charge in [-0.25, -0.2) is 9.59 Å². The van der Waals surface area contributed by atoms with Crippen molar-refractivity contribution in [2.45, 2.75) is 24.6 Å². The first-order valence-corrected chi connectivity index (χ1v) is 7.06. The molecule has 0 saturated carbocycles. The summed E-state index contributed by atoms with van der Waals surface area (Å²) < 4.78 is 15.4. The average Bonchev–Trinajstić information content (AvgIpc) is 2.34. The molecule has 0 aliphatic carbocycles. The monoisotopic (exact) mass is 294 g/mol. The third kappa shape index (κ3) is 7.39. The molecule has 0 rings (SSSR count). The molecule has 8 nitrogen and oxygen atoms in total. The van der Waals surface area contributed by atoms with Gasteiger partial charge in [-0.15, -0.1) is 0 Å². The number of hydrogen-bond acceptors (Lipinski definition) is 5. The molecule has 0 bridgehead atoms. The van der Waals surface area contributed by atoms with E-state index in [1.165, 1.54) is 6.26 Å². The van der Waals surface area contributed by atoms with Crippen molar-refractivity contribution in [3.05, 3.63) is 0 Å². The number of rotatable bonds is 7. The lowest BCUT2D eigenvalue weighted by Crippen LogP contribution is -2.48. The molecule has 3 N–H and O–H groups in total. The van der Waals surface area contributed by atoms with Crippen molar-refractivity contribution in [1.82, 2.24) is 10.6 Å². The van der Waals surface area contributed by atoms with E-state index in [9.17, 15) is 18.6 Å². The fourth-order valence-corrected chi connectivity index (χ4v) is 1.33. The van der Waals surface area contributed by atoms with Crippen molar-refractivity contribution in [1.29, 1.82) is 0 Å². The zero-order chi connectivity index (χ0) is 15.0. The predicted octanol–water partition coefficient (Wildman–Crippen LogP) is -0.931. The summed E-state index contributed by atoms with van der Waals surface area (Å²) in [5.41, 5.74) is 0. The molecule has 9 heteroatoms. The van der Waals surface area contributed by atoms with E-state index in [-0.39, 0.29) is 11.8 Å². The van der Waals surface area contributed by atoms with Gasteiger partial charge in [0, 0.05) is 28.9 Å². The normalized spacial score (nSPS) is 14.9. The molecule has 3 atom stereocenters. The molecular weight excluding hydrogens is 276 g/mol. The van der Waals surface area contributed by atoms with Gasteiger partial charge in [0.1, 0.15) is 6.04 Å². The number of urea groups is 1. The topological polar surface area (TPSA) is 122 Å². The maximum atomic E-state index is 11.4. The van der Waals surface area contributed by atoms with Gasteiger partial charge in [0.2, 0.25) is 0 Å². The number of carboxylic acids is 1. The molecule has 110 valence electrons. The van der Waals surface area contributed by atoms with E-state index >= 15 is 0 Å². The minimum Gasteiger partial charge on any atom is -0.480 e. The zero-order valence-electron chi connectivity index (χ0n) is 11.0. The van der Waals surface area contributed by atoms with Crippen LogP contribution in [0, 0.1) is 0 Å². The highest BCUT2D eigenvalue weighted by atomic mass is 32.2. The summed E-state index contributed by atoms with van der Waals surface area (Å²) >= 11 is 0. The number of carboxylic acid groups (broad SMARTS) is 1. The standard InChI is InChI=1S/C10H18N2O6S/c1-6(19(3)17)5-11-10(16)12-7(9(14)15)4-8(13)18-2/h6-7H,4-5H2,1-3H3,(H,14,15)(H2,11,12,16)/t6?,7-,19?/m0/s1. The van der Waals surface area contributed by atoms with E-state index in [2.05, 4.69) is 15.4 Å². The maximum absolute atomic E-state index is 11.4. The maximum Gasteiger partial charge on any atom is 0.326 e. The van der Waals surface area contributed by atoms with E-state index in [4.69, 9.17) is 5.11 Å². The second-order valence-electron chi connectivity index (χ2n) is 3.83. The van der Waals surface area contributed by atoms with Crippen LogP contribution < -0.4 is 10.6 Å². The fourth-order valence-electron chi connectivity index (χ4n) is 1.01. The van der Waals surface area contributed by atoms with E-state index in [1.54, 1.807) is 6.92 Å². The Bertz CT molecular complexity index is 373. The molecule has 0 saturated heterocycles. The predicted molar refractivity (Wildman–Crippen MR) is 68.1 cm³/mol. The molecule has 0 radical (unpaired) electrons. The number of carbonyl (C=O) groups is 3. The van der Waals surface area contributed by atoms with Crippen molar-refractivity contribution in [2.75, 3.05) is 19.9 Å². The summed E-state index contributed by atoms with van der Waals surface area (Å²) in [6, 6.07) is -2.11. The average molecular weight is 294 g/mol. The molecule has 0 fully saturated rings. The molecular formula is C10H18N2O6S. The van der Waals surface area contributed by atoms with Gasteiger partial charge in [0.25, 0.3) is 0 Å². The SMILES string of the molecule is COC(=O)C[C@H](NC(=O)NCC(C)S(C)=O)C(=O)O. The van der Waals surface area contributed by atoms with E-state index in [0.717, 1.165) is 7.11 Å². The molecule has 0 aromatic rings. The number of ether oxygens (including phenoxy) is 1. The Balaban J connectivity index is 4.29. The van der Waals surface area contributed by atoms with Gasteiger partial charge in [-0.2, -0.15) is 0 Å². The minimum absolute atomic E-state index is 0.138. The lowest BCUT2D eigenvalue weighted by molar-refractivity contribution is -0.147. The van der Waals surface area contributed by atoms with Crippen molar-refractivity contribution in [3.8, 4) is 0 Å². The molecule has 0 aromatic heterocycles. The van der Waals surface area contributed by atoms with Gasteiger partial charge in [-0.1, -0.05) is 0 Å². The Kier molecular flexibility index (Phi) is 7.73. The Labute approximate surface area is 113 Å². The van der Waals surface area contributed by atoms with Crippen LogP contribution >= 0.6 is 0 Å². The molecule has 0 spiro atoms. The van der Waals surface area contributed by atoms with Crippen LogP contribution in [-0.2, 0) is 25.1 Å². The van der Waals surface area contributed by atoms with Crippen LogP contribution in [0.1, 0.15) is 13.3 Å². The van der Waals surface area contributed by atoms with Crippen LogP contribution in [0.5, 0.6) is 0 Å². The Morgan fingerprint density at radius 2 is 1.95 bits per heavy atom. The summed E-state index contributed by atoms with van der Waals surface area (Å²) in [7, 11) is 0.0329. The summed E-state index contributed by atoms with van der Waals surface area (Å²) in [5.74, 6) is -2.08. The molecule has 2 unspecified atom stereocenters. The lowest BCUT2D eigenvalue weighted by Gasteiger charge is -2.15. The van der Waals surface area contributed by atoms with Crippen LogP contribution in [0.25, 0.3) is 0 Å². The van der Waals surface area contributed by atoms with Crippen LogP contribution in [0.15, 0.2) is 0 Å². The molecule has 19 heavy (non-hydrogen) atoms. The quantitative estimate of drug-likeness (QED) is 0.521. The number of aliphatic carboxylic acids is 1. The number of esters is 1. The Morgan fingerprint density at radius 3 is 2.37 bits per heavy atom. The minimum atomic E-state index is -1.37. The first-order chi connectivity index (χ1) is 8.77. The largest absolute Gasteiger partial charge is 0.480 e. The Hall–Kier alpha value is -1.64. The van der Waals surface area contributed by atoms with Gasteiger partial charge in [-0.05, 0) is 6.92 Å². The Morgan fingerprint density at radius 1 is 1.37 bits per heavy atom. The number of methoxy groups -OCH3 is 1. The number of nitrogens with one attached hydrogen (secondary N) is 2. The third-order valence-electron chi connectivity index (χ3n) is 2.32. The zero-order valence-corrected chi connectivity index (χ0v) is 11.8. The van der Waals surface area contributed by atoms with Crippen molar-refractivity contribution < 1.29 is 28.4 Å². The first kappa shape index (κ1) is 17.4. The highest BCUT2D eigenvalue weighted by Gasteiger charge is 2.23. The van der Waals surface area contributed by atoms with Crippen molar-refractivity contribution in [2.24, 2.45) is 0 Å². The van der Waals surface area contributed by atoms with Crippen molar-refractivity contribution >= 4 is 28.8 Å². The lowest BCUT2D eigenvalue weighted by atomic mass is 10.2. The van der Waals surface area contributed by atoms with Crippen LogP contribution in [0.2, 0.25) is 0 Å². The van der Waals surface area contributed by atoms with Crippen LogP contribution in [0.4, 0.5) is 4.79 Å². The second-order valence-corrected chi connectivity index (χ2v) is 5.64. The molecule has 0 aliphatic rings. The third-order valence-corrected chi connectivity index (χ3v) is 3.62. The van der Waals surface area contributed by atoms with E-state index in [1.807, 2.05) is 0 Å². The summed E-state index contributed by atoms with van der Waals surface area (Å²) in [5, 5.41) is 13.1.